The van der Waals surface area contributed by atoms with Gasteiger partial charge in [0.25, 0.3) is 0 Å². The van der Waals surface area contributed by atoms with E-state index in [1.54, 1.807) is 7.11 Å². The smallest absolute Gasteiger partial charge is 0.244 e. The van der Waals surface area contributed by atoms with Crippen molar-refractivity contribution in [3.05, 3.63) is 11.7 Å². The molecule has 1 atom stereocenters. The number of methoxy groups -OCH3 is 1. The Balaban J connectivity index is 2.28. The van der Waals surface area contributed by atoms with Crippen LogP contribution >= 0.6 is 0 Å². The highest BCUT2D eigenvalue weighted by atomic mass is 16.5. The fourth-order valence-corrected chi connectivity index (χ4v) is 1.14. The molecule has 0 aliphatic rings. The van der Waals surface area contributed by atoms with Gasteiger partial charge in [0, 0.05) is 20.0 Å². The van der Waals surface area contributed by atoms with Crippen molar-refractivity contribution in [3.8, 4) is 12.3 Å². The van der Waals surface area contributed by atoms with Gasteiger partial charge in [-0.2, -0.15) is 4.98 Å². The lowest BCUT2D eigenvalue weighted by molar-refractivity contribution is 0.0714. The highest BCUT2D eigenvalue weighted by Gasteiger charge is 2.13. The molecule has 0 aliphatic heterocycles. The number of terminal acetylenes is 1. The maximum Gasteiger partial charge on any atom is 0.244 e. The number of hydrogen-bond acceptors (Lipinski definition) is 6. The fraction of sp³-hybridized carbons (Fsp3) is 0.636. The van der Waals surface area contributed by atoms with Gasteiger partial charge in [0.05, 0.1) is 25.9 Å². The lowest BCUT2D eigenvalue weighted by Gasteiger charge is -2.00. The Hall–Kier alpha value is -1.42. The largest absolute Gasteiger partial charge is 0.382 e. The first-order valence-electron chi connectivity index (χ1n) is 5.36. The number of ether oxygens (including phenoxy) is 2. The molecular weight excluding hydrogens is 222 g/mol. The second-order valence-electron chi connectivity index (χ2n) is 3.42. The standard InChI is InChI=1S/C11H17N3O3/c1-3-4-9(12)11-13-10(14-17-11)5-6-16-8-7-15-2/h1,9H,4-8,12H2,2H3. The molecule has 0 bridgehead atoms. The zero-order valence-corrected chi connectivity index (χ0v) is 9.89. The molecule has 1 aromatic rings. The molecule has 0 aliphatic carbocycles. The van der Waals surface area contributed by atoms with Crippen molar-refractivity contribution in [3.63, 3.8) is 0 Å². The summed E-state index contributed by atoms with van der Waals surface area (Å²) in [6, 6.07) is -0.393. The van der Waals surface area contributed by atoms with Crippen LogP contribution in [-0.4, -0.2) is 37.1 Å². The number of hydrogen-bond donors (Lipinski definition) is 1. The minimum absolute atomic E-state index is 0.370. The van der Waals surface area contributed by atoms with Crippen LogP contribution in [0.2, 0.25) is 0 Å². The molecule has 2 N–H and O–H groups in total. The van der Waals surface area contributed by atoms with Crippen LogP contribution in [0.5, 0.6) is 0 Å². The molecule has 1 unspecified atom stereocenters. The van der Waals surface area contributed by atoms with Gasteiger partial charge in [0.1, 0.15) is 0 Å². The average Bonchev–Trinajstić information content (AvgIpc) is 2.78. The summed E-state index contributed by atoms with van der Waals surface area (Å²) in [5.74, 6) is 3.39. The third kappa shape index (κ3) is 4.95. The van der Waals surface area contributed by atoms with Crippen LogP contribution in [0, 0.1) is 12.3 Å². The summed E-state index contributed by atoms with van der Waals surface area (Å²) in [5.41, 5.74) is 5.73. The Morgan fingerprint density at radius 1 is 1.47 bits per heavy atom. The van der Waals surface area contributed by atoms with Crippen LogP contribution < -0.4 is 5.73 Å². The van der Waals surface area contributed by atoms with Crippen molar-refractivity contribution < 1.29 is 14.0 Å². The first-order chi connectivity index (χ1) is 8.27. The van der Waals surface area contributed by atoms with Crippen molar-refractivity contribution in [1.29, 1.82) is 0 Å². The van der Waals surface area contributed by atoms with E-state index in [-0.39, 0.29) is 0 Å². The molecule has 0 saturated carbocycles. The van der Waals surface area contributed by atoms with Crippen LogP contribution in [0.3, 0.4) is 0 Å². The lowest BCUT2D eigenvalue weighted by Crippen LogP contribution is -2.10. The van der Waals surface area contributed by atoms with Crippen LogP contribution in [-0.2, 0) is 15.9 Å². The van der Waals surface area contributed by atoms with Crippen molar-refractivity contribution in [2.75, 3.05) is 26.9 Å². The Labute approximate surface area is 100 Å². The van der Waals surface area contributed by atoms with Crippen LogP contribution in [0.25, 0.3) is 0 Å². The summed E-state index contributed by atoms with van der Waals surface area (Å²) in [5, 5.41) is 3.79. The summed E-state index contributed by atoms with van der Waals surface area (Å²) in [7, 11) is 1.63. The molecule has 1 rings (SSSR count). The topological polar surface area (TPSA) is 83.4 Å². The predicted molar refractivity (Wildman–Crippen MR) is 61.1 cm³/mol. The molecule has 94 valence electrons. The van der Waals surface area contributed by atoms with Gasteiger partial charge in [-0.15, -0.1) is 12.3 Å². The summed E-state index contributed by atoms with van der Waals surface area (Å²) in [6.07, 6.45) is 6.11. The average molecular weight is 239 g/mol. The minimum Gasteiger partial charge on any atom is -0.382 e. The van der Waals surface area contributed by atoms with Gasteiger partial charge in [-0.05, 0) is 0 Å². The first kappa shape index (κ1) is 13.6. The Kier molecular flexibility index (Phi) is 6.25. The van der Waals surface area contributed by atoms with E-state index in [1.165, 1.54) is 0 Å². The zero-order chi connectivity index (χ0) is 12.5. The molecule has 0 amide bonds. The van der Waals surface area contributed by atoms with E-state index in [0.29, 0.717) is 44.4 Å². The van der Waals surface area contributed by atoms with Gasteiger partial charge in [-0.3, -0.25) is 0 Å². The van der Waals surface area contributed by atoms with Crippen LogP contribution in [0.4, 0.5) is 0 Å². The molecule has 0 spiro atoms. The molecule has 1 aromatic heterocycles. The Morgan fingerprint density at radius 2 is 2.29 bits per heavy atom. The summed E-state index contributed by atoms with van der Waals surface area (Å²) in [4.78, 5) is 4.14. The zero-order valence-electron chi connectivity index (χ0n) is 9.89. The first-order valence-corrected chi connectivity index (χ1v) is 5.36. The molecule has 0 radical (unpaired) electrons. The van der Waals surface area contributed by atoms with Crippen molar-refractivity contribution in [1.82, 2.24) is 10.1 Å². The molecular formula is C11H17N3O3. The molecule has 6 nitrogen and oxygen atoms in total. The second kappa shape index (κ2) is 7.79. The fourth-order valence-electron chi connectivity index (χ4n) is 1.14. The minimum atomic E-state index is -0.393. The number of aromatic nitrogens is 2. The van der Waals surface area contributed by atoms with Crippen molar-refractivity contribution in [2.24, 2.45) is 5.73 Å². The molecule has 17 heavy (non-hydrogen) atoms. The normalized spacial score (nSPS) is 12.3. The van der Waals surface area contributed by atoms with Gasteiger partial charge < -0.3 is 19.7 Å². The van der Waals surface area contributed by atoms with Gasteiger partial charge in [0.2, 0.25) is 5.89 Å². The van der Waals surface area contributed by atoms with E-state index in [0.717, 1.165) is 0 Å². The third-order valence-corrected chi connectivity index (χ3v) is 2.04. The van der Waals surface area contributed by atoms with Gasteiger partial charge in [0.15, 0.2) is 5.82 Å². The number of rotatable bonds is 8. The van der Waals surface area contributed by atoms with Crippen LogP contribution in [0.1, 0.15) is 24.2 Å². The molecule has 6 heteroatoms. The van der Waals surface area contributed by atoms with Crippen molar-refractivity contribution >= 4 is 0 Å². The van der Waals surface area contributed by atoms with E-state index in [9.17, 15) is 0 Å². The molecule has 0 aromatic carbocycles. The van der Waals surface area contributed by atoms with Gasteiger partial charge >= 0.3 is 0 Å². The SMILES string of the molecule is C#CCC(N)c1nc(CCOCCOC)no1. The quantitative estimate of drug-likeness (QED) is 0.519. The maximum atomic E-state index is 5.73. The number of nitrogens with zero attached hydrogens (tertiary/aromatic N) is 2. The van der Waals surface area contributed by atoms with E-state index in [1.807, 2.05) is 0 Å². The van der Waals surface area contributed by atoms with E-state index in [2.05, 4.69) is 16.1 Å². The number of nitrogens with two attached hydrogens (primary N) is 1. The van der Waals surface area contributed by atoms with Crippen LogP contribution in [0.15, 0.2) is 4.52 Å². The Morgan fingerprint density at radius 3 is 3.00 bits per heavy atom. The monoisotopic (exact) mass is 239 g/mol. The highest BCUT2D eigenvalue weighted by molar-refractivity contribution is 4.98. The summed E-state index contributed by atoms with van der Waals surface area (Å²) in [6.45, 7) is 1.65. The lowest BCUT2D eigenvalue weighted by atomic mass is 10.2. The van der Waals surface area contributed by atoms with Gasteiger partial charge in [-0.25, -0.2) is 0 Å². The van der Waals surface area contributed by atoms with Crippen molar-refractivity contribution in [2.45, 2.75) is 18.9 Å². The maximum absolute atomic E-state index is 5.73. The molecule has 1 heterocycles. The molecule has 0 fully saturated rings. The second-order valence-corrected chi connectivity index (χ2v) is 3.42. The third-order valence-electron chi connectivity index (χ3n) is 2.04. The Bertz CT molecular complexity index is 359. The van der Waals surface area contributed by atoms with E-state index < -0.39 is 6.04 Å². The summed E-state index contributed by atoms with van der Waals surface area (Å²) < 4.78 is 15.1. The highest BCUT2D eigenvalue weighted by Crippen LogP contribution is 2.10. The predicted octanol–water partition coefficient (Wildman–Crippen LogP) is 0.298. The summed E-state index contributed by atoms with van der Waals surface area (Å²) >= 11 is 0. The van der Waals surface area contributed by atoms with Gasteiger partial charge in [-0.1, -0.05) is 5.16 Å². The molecule has 0 saturated heterocycles. The van der Waals surface area contributed by atoms with E-state index in [4.69, 9.17) is 26.2 Å². The van der Waals surface area contributed by atoms with E-state index >= 15 is 0 Å².